The van der Waals surface area contributed by atoms with Crippen LogP contribution in [0.2, 0.25) is 0 Å². The zero-order chi connectivity index (χ0) is 14.7. The third kappa shape index (κ3) is 3.18. The highest BCUT2D eigenvalue weighted by molar-refractivity contribution is 5.95. The van der Waals surface area contributed by atoms with Crippen LogP contribution in [-0.2, 0) is 0 Å². The van der Waals surface area contributed by atoms with Crippen LogP contribution in [0.5, 0.6) is 0 Å². The van der Waals surface area contributed by atoms with E-state index in [-0.39, 0.29) is 5.56 Å². The van der Waals surface area contributed by atoms with Gasteiger partial charge < -0.3 is 10.4 Å². The van der Waals surface area contributed by atoms with E-state index >= 15 is 0 Å². The van der Waals surface area contributed by atoms with Gasteiger partial charge >= 0.3 is 5.97 Å². The molecule has 0 saturated heterocycles. The number of hydrogen-bond acceptors (Lipinski definition) is 2. The number of nitrogens with one attached hydrogen (secondary N) is 1. The number of aromatic carboxylic acids is 1. The molecule has 2 aromatic carbocycles. The zero-order valence-electron chi connectivity index (χ0n) is 12.0. The molecule has 0 aliphatic rings. The van der Waals surface area contributed by atoms with Gasteiger partial charge in [-0.15, -0.1) is 0 Å². The first-order chi connectivity index (χ1) is 9.47. The van der Waals surface area contributed by atoms with Gasteiger partial charge in [-0.05, 0) is 48.2 Å². The average Bonchev–Trinajstić information content (AvgIpc) is 2.39. The maximum absolute atomic E-state index is 11.2. The molecule has 0 bridgehead atoms. The summed E-state index contributed by atoms with van der Waals surface area (Å²) in [4.78, 5) is 11.2. The molecule has 0 saturated carbocycles. The minimum Gasteiger partial charge on any atom is -0.478 e. The summed E-state index contributed by atoms with van der Waals surface area (Å²) < 4.78 is 0. The zero-order valence-corrected chi connectivity index (χ0v) is 12.0. The highest BCUT2D eigenvalue weighted by Crippen LogP contribution is 2.24. The van der Waals surface area contributed by atoms with E-state index in [2.05, 4.69) is 31.3 Å². The van der Waals surface area contributed by atoms with Crippen molar-refractivity contribution in [2.24, 2.45) is 0 Å². The van der Waals surface area contributed by atoms with Crippen LogP contribution in [0.1, 0.15) is 41.3 Å². The topological polar surface area (TPSA) is 49.3 Å². The monoisotopic (exact) mass is 269 g/mol. The molecule has 0 fully saturated rings. The van der Waals surface area contributed by atoms with Gasteiger partial charge in [0.25, 0.3) is 0 Å². The Kier molecular flexibility index (Phi) is 4.08. The molecule has 2 aromatic rings. The Hall–Kier alpha value is -2.29. The van der Waals surface area contributed by atoms with Gasteiger partial charge in [0.2, 0.25) is 0 Å². The Morgan fingerprint density at radius 1 is 1.10 bits per heavy atom. The molecule has 0 spiro atoms. The quantitative estimate of drug-likeness (QED) is 0.855. The van der Waals surface area contributed by atoms with Gasteiger partial charge in [0.15, 0.2) is 0 Å². The predicted molar refractivity (Wildman–Crippen MR) is 82.0 cm³/mol. The Morgan fingerprint density at radius 3 is 2.30 bits per heavy atom. The summed E-state index contributed by atoms with van der Waals surface area (Å²) in [6.07, 6.45) is 0. The Morgan fingerprint density at radius 2 is 1.75 bits per heavy atom. The standard InChI is InChI=1S/C17H19NO2/c1-11(2)13-5-7-14(8-6-13)18-16-10-12(3)4-9-15(16)17(19)20/h4-11,18H,1-3H3,(H,19,20). The molecule has 0 heterocycles. The van der Waals surface area contributed by atoms with Crippen molar-refractivity contribution in [3.63, 3.8) is 0 Å². The van der Waals surface area contributed by atoms with E-state index in [9.17, 15) is 9.90 Å². The van der Waals surface area contributed by atoms with Crippen LogP contribution in [0.15, 0.2) is 42.5 Å². The molecule has 3 nitrogen and oxygen atoms in total. The van der Waals surface area contributed by atoms with Crippen LogP contribution in [0.4, 0.5) is 11.4 Å². The molecule has 3 heteroatoms. The summed E-state index contributed by atoms with van der Waals surface area (Å²) >= 11 is 0. The Labute approximate surface area is 119 Å². The van der Waals surface area contributed by atoms with Crippen molar-refractivity contribution in [2.75, 3.05) is 5.32 Å². The lowest BCUT2D eigenvalue weighted by Gasteiger charge is -2.12. The lowest BCUT2D eigenvalue weighted by molar-refractivity contribution is 0.0698. The van der Waals surface area contributed by atoms with Crippen LogP contribution in [0.3, 0.4) is 0 Å². The van der Waals surface area contributed by atoms with Crippen molar-refractivity contribution in [2.45, 2.75) is 26.7 Å². The molecule has 0 aromatic heterocycles. The summed E-state index contributed by atoms with van der Waals surface area (Å²) in [5, 5.41) is 12.4. The summed E-state index contributed by atoms with van der Waals surface area (Å²) in [5.74, 6) is -0.441. The third-order valence-electron chi connectivity index (χ3n) is 3.26. The second-order valence-electron chi connectivity index (χ2n) is 5.26. The number of aryl methyl sites for hydroxylation is 1. The van der Waals surface area contributed by atoms with Crippen LogP contribution in [-0.4, -0.2) is 11.1 Å². The normalized spacial score (nSPS) is 10.6. The van der Waals surface area contributed by atoms with E-state index in [1.807, 2.05) is 25.1 Å². The fourth-order valence-corrected chi connectivity index (χ4v) is 2.05. The number of hydrogen-bond donors (Lipinski definition) is 2. The molecular weight excluding hydrogens is 250 g/mol. The van der Waals surface area contributed by atoms with Crippen molar-refractivity contribution in [3.8, 4) is 0 Å². The number of rotatable bonds is 4. The van der Waals surface area contributed by atoms with Crippen molar-refractivity contribution in [1.82, 2.24) is 0 Å². The average molecular weight is 269 g/mol. The van der Waals surface area contributed by atoms with Gasteiger partial charge in [0.05, 0.1) is 11.3 Å². The summed E-state index contributed by atoms with van der Waals surface area (Å²) in [6.45, 7) is 6.23. The number of carboxylic acids is 1. The molecule has 0 aliphatic heterocycles. The molecule has 2 N–H and O–H groups in total. The van der Waals surface area contributed by atoms with Crippen LogP contribution in [0.25, 0.3) is 0 Å². The second-order valence-corrected chi connectivity index (χ2v) is 5.26. The van der Waals surface area contributed by atoms with E-state index < -0.39 is 5.97 Å². The number of benzene rings is 2. The van der Waals surface area contributed by atoms with Crippen LogP contribution in [0, 0.1) is 6.92 Å². The first-order valence-electron chi connectivity index (χ1n) is 6.68. The van der Waals surface area contributed by atoms with E-state index in [0.29, 0.717) is 11.6 Å². The fourth-order valence-electron chi connectivity index (χ4n) is 2.05. The Balaban J connectivity index is 2.29. The van der Waals surface area contributed by atoms with Gasteiger partial charge in [0.1, 0.15) is 0 Å². The molecule has 0 unspecified atom stereocenters. The van der Waals surface area contributed by atoms with Crippen molar-refractivity contribution in [3.05, 3.63) is 59.2 Å². The third-order valence-corrected chi connectivity index (χ3v) is 3.26. The van der Waals surface area contributed by atoms with E-state index in [0.717, 1.165) is 11.3 Å². The molecule has 0 amide bonds. The number of anilines is 2. The van der Waals surface area contributed by atoms with Crippen LogP contribution >= 0.6 is 0 Å². The number of carboxylic acid groups (broad SMARTS) is 1. The lowest BCUT2D eigenvalue weighted by Crippen LogP contribution is -2.03. The SMILES string of the molecule is Cc1ccc(C(=O)O)c(Nc2ccc(C(C)C)cc2)c1. The van der Waals surface area contributed by atoms with E-state index in [1.165, 1.54) is 5.56 Å². The first kappa shape index (κ1) is 14.1. The first-order valence-corrected chi connectivity index (χ1v) is 6.68. The minimum absolute atomic E-state index is 0.281. The number of carbonyl (C=O) groups is 1. The highest BCUT2D eigenvalue weighted by Gasteiger charge is 2.10. The second kappa shape index (κ2) is 5.78. The van der Waals surface area contributed by atoms with Crippen molar-refractivity contribution in [1.29, 1.82) is 0 Å². The summed E-state index contributed by atoms with van der Waals surface area (Å²) in [5.41, 5.74) is 4.08. The highest BCUT2D eigenvalue weighted by atomic mass is 16.4. The molecule has 104 valence electrons. The van der Waals surface area contributed by atoms with Gasteiger partial charge in [-0.25, -0.2) is 4.79 Å². The van der Waals surface area contributed by atoms with Gasteiger partial charge in [-0.1, -0.05) is 32.0 Å². The fraction of sp³-hybridized carbons (Fsp3) is 0.235. The largest absolute Gasteiger partial charge is 0.478 e. The molecule has 20 heavy (non-hydrogen) atoms. The maximum atomic E-state index is 11.2. The van der Waals surface area contributed by atoms with Gasteiger partial charge in [-0.2, -0.15) is 0 Å². The maximum Gasteiger partial charge on any atom is 0.337 e. The van der Waals surface area contributed by atoms with Crippen molar-refractivity contribution >= 4 is 17.3 Å². The van der Waals surface area contributed by atoms with Gasteiger partial charge in [0, 0.05) is 5.69 Å². The molecule has 0 radical (unpaired) electrons. The lowest BCUT2D eigenvalue weighted by atomic mass is 10.0. The minimum atomic E-state index is -0.925. The van der Waals surface area contributed by atoms with E-state index in [4.69, 9.17) is 0 Å². The molecule has 2 rings (SSSR count). The summed E-state index contributed by atoms with van der Waals surface area (Å²) in [7, 11) is 0. The molecular formula is C17H19NO2. The van der Waals surface area contributed by atoms with Crippen LogP contribution < -0.4 is 5.32 Å². The smallest absolute Gasteiger partial charge is 0.337 e. The predicted octanol–water partition coefficient (Wildman–Crippen LogP) is 4.56. The Bertz CT molecular complexity index is 615. The van der Waals surface area contributed by atoms with Crippen molar-refractivity contribution < 1.29 is 9.90 Å². The van der Waals surface area contributed by atoms with Gasteiger partial charge in [-0.3, -0.25) is 0 Å². The summed E-state index contributed by atoms with van der Waals surface area (Å²) in [6, 6.07) is 13.3. The molecule has 0 atom stereocenters. The molecule has 0 aliphatic carbocycles. The van der Waals surface area contributed by atoms with E-state index in [1.54, 1.807) is 12.1 Å².